The predicted octanol–water partition coefficient (Wildman–Crippen LogP) is 1.14. The van der Waals surface area contributed by atoms with Crippen LogP contribution in [0.3, 0.4) is 0 Å². The van der Waals surface area contributed by atoms with Crippen LogP contribution in [0.25, 0.3) is 0 Å². The summed E-state index contributed by atoms with van der Waals surface area (Å²) in [6.07, 6.45) is 5.81. The molecule has 0 aromatic rings. The van der Waals surface area contributed by atoms with Gasteiger partial charge in [0.15, 0.2) is 0 Å². The van der Waals surface area contributed by atoms with E-state index in [0.29, 0.717) is 0 Å². The van der Waals surface area contributed by atoms with E-state index in [1.807, 2.05) is 0 Å². The Morgan fingerprint density at radius 2 is 0.909 bits per heavy atom. The van der Waals surface area contributed by atoms with Crippen LogP contribution in [0, 0.1) is 11.8 Å². The first-order valence-electron chi connectivity index (χ1n) is 7.44. The van der Waals surface area contributed by atoms with Gasteiger partial charge in [-0.05, 0) is 12.8 Å². The molecule has 0 atom stereocenters. The van der Waals surface area contributed by atoms with Gasteiger partial charge in [-0.25, -0.2) is 16.7 Å². The molecule has 130 valence electrons. The van der Waals surface area contributed by atoms with Crippen LogP contribution in [0.4, 0.5) is 0 Å². The molecule has 0 spiro atoms. The topological polar surface area (TPSA) is 105 Å². The molecular formula is C12H22O8S2. The second kappa shape index (κ2) is 8.02. The van der Waals surface area contributed by atoms with Gasteiger partial charge < -0.3 is 0 Å². The molecule has 22 heavy (non-hydrogen) atoms. The van der Waals surface area contributed by atoms with Crippen molar-refractivity contribution >= 4 is 20.8 Å². The summed E-state index contributed by atoms with van der Waals surface area (Å²) in [6, 6.07) is 0. The standard InChI is InChI=1S/C12H22O8S2/c13-21(14)17-7-11(8-18-21)5-3-1-2-4-6-12-9-19-22(15,16)20-10-12/h11-12H,1-10H2. The van der Waals surface area contributed by atoms with Gasteiger partial charge in [-0.3, -0.25) is 0 Å². The third kappa shape index (κ3) is 6.47. The van der Waals surface area contributed by atoms with Crippen LogP contribution < -0.4 is 0 Å². The zero-order valence-corrected chi connectivity index (χ0v) is 13.9. The van der Waals surface area contributed by atoms with Crippen molar-refractivity contribution in [2.24, 2.45) is 11.8 Å². The van der Waals surface area contributed by atoms with E-state index in [2.05, 4.69) is 16.7 Å². The van der Waals surface area contributed by atoms with Crippen LogP contribution in [0.15, 0.2) is 0 Å². The van der Waals surface area contributed by atoms with Gasteiger partial charge in [0.2, 0.25) is 0 Å². The lowest BCUT2D eigenvalue weighted by atomic mass is 9.99. The molecule has 2 fully saturated rings. The molecule has 2 heterocycles. The lowest BCUT2D eigenvalue weighted by Crippen LogP contribution is -2.28. The maximum atomic E-state index is 10.9. The molecule has 0 aromatic heterocycles. The average molecular weight is 358 g/mol. The van der Waals surface area contributed by atoms with Gasteiger partial charge >= 0.3 is 20.8 Å². The van der Waals surface area contributed by atoms with E-state index in [9.17, 15) is 16.8 Å². The predicted molar refractivity (Wildman–Crippen MR) is 76.3 cm³/mol. The number of hydrogen-bond donors (Lipinski definition) is 0. The maximum Gasteiger partial charge on any atom is 0.399 e. The molecule has 2 aliphatic rings. The summed E-state index contributed by atoms with van der Waals surface area (Å²) < 4.78 is 62.1. The van der Waals surface area contributed by atoms with Crippen molar-refractivity contribution in [3.05, 3.63) is 0 Å². The molecule has 2 saturated heterocycles. The van der Waals surface area contributed by atoms with Crippen molar-refractivity contribution < 1.29 is 33.6 Å². The van der Waals surface area contributed by atoms with Crippen molar-refractivity contribution in [1.82, 2.24) is 0 Å². The highest BCUT2D eigenvalue weighted by molar-refractivity contribution is 7.82. The Morgan fingerprint density at radius 3 is 1.23 bits per heavy atom. The summed E-state index contributed by atoms with van der Waals surface area (Å²) in [5, 5.41) is 0. The lowest BCUT2D eigenvalue weighted by molar-refractivity contribution is 0.0938. The zero-order valence-electron chi connectivity index (χ0n) is 12.3. The second-order valence-electron chi connectivity index (χ2n) is 5.68. The molecule has 0 aliphatic carbocycles. The second-order valence-corrected chi connectivity index (χ2v) is 8.25. The van der Waals surface area contributed by atoms with Crippen molar-refractivity contribution in [3.8, 4) is 0 Å². The summed E-state index contributed by atoms with van der Waals surface area (Å²) in [4.78, 5) is 0. The summed E-state index contributed by atoms with van der Waals surface area (Å²) in [5.41, 5.74) is 0. The number of rotatable bonds is 7. The number of hydrogen-bond acceptors (Lipinski definition) is 8. The highest BCUT2D eigenvalue weighted by atomic mass is 32.3. The van der Waals surface area contributed by atoms with Crippen molar-refractivity contribution in [2.75, 3.05) is 26.4 Å². The Morgan fingerprint density at radius 1 is 0.591 bits per heavy atom. The smallest absolute Gasteiger partial charge is 0.248 e. The van der Waals surface area contributed by atoms with Crippen LogP contribution in [-0.2, 0) is 37.5 Å². The van der Waals surface area contributed by atoms with Gasteiger partial charge in [0.1, 0.15) is 0 Å². The maximum absolute atomic E-state index is 10.9. The monoisotopic (exact) mass is 358 g/mol. The van der Waals surface area contributed by atoms with E-state index >= 15 is 0 Å². The fraction of sp³-hybridized carbons (Fsp3) is 1.00. The zero-order chi connectivity index (χ0) is 16.1. The molecule has 0 bridgehead atoms. The Labute approximate surface area is 131 Å². The highest BCUT2D eigenvalue weighted by Gasteiger charge is 2.25. The van der Waals surface area contributed by atoms with Gasteiger partial charge in [0.05, 0.1) is 26.4 Å². The summed E-state index contributed by atoms with van der Waals surface area (Å²) in [6.45, 7) is 0.808. The molecular weight excluding hydrogens is 336 g/mol. The normalized spacial score (nSPS) is 26.0. The van der Waals surface area contributed by atoms with Crippen LogP contribution in [-0.4, -0.2) is 43.3 Å². The molecule has 10 heteroatoms. The SMILES string of the molecule is O=S1(=O)OCC(CCCCCCC2COS(=O)(=O)OC2)CO1. The molecule has 0 unspecified atom stereocenters. The van der Waals surface area contributed by atoms with E-state index in [0.717, 1.165) is 38.5 Å². The quantitative estimate of drug-likeness (QED) is 0.624. The van der Waals surface area contributed by atoms with Crippen LogP contribution in [0.2, 0.25) is 0 Å². The minimum absolute atomic E-state index is 0.133. The summed E-state index contributed by atoms with van der Waals surface area (Å²) in [7, 11) is -7.48. The van der Waals surface area contributed by atoms with Crippen molar-refractivity contribution in [2.45, 2.75) is 38.5 Å². The molecule has 8 nitrogen and oxygen atoms in total. The van der Waals surface area contributed by atoms with Crippen molar-refractivity contribution in [3.63, 3.8) is 0 Å². The van der Waals surface area contributed by atoms with Gasteiger partial charge in [-0.15, -0.1) is 0 Å². The van der Waals surface area contributed by atoms with Crippen LogP contribution in [0.1, 0.15) is 38.5 Å². The average Bonchev–Trinajstić information content (AvgIpc) is 2.46. The fourth-order valence-corrected chi connectivity index (χ4v) is 4.01. The Kier molecular flexibility index (Phi) is 6.59. The largest absolute Gasteiger partial charge is 0.399 e. The summed E-state index contributed by atoms with van der Waals surface area (Å²) in [5.74, 6) is 0.266. The lowest BCUT2D eigenvalue weighted by Gasteiger charge is -2.22. The van der Waals surface area contributed by atoms with Gasteiger partial charge in [0, 0.05) is 11.8 Å². The molecule has 0 aromatic carbocycles. The Balaban J connectivity index is 1.47. The third-order valence-electron chi connectivity index (χ3n) is 3.77. The van der Waals surface area contributed by atoms with E-state index < -0.39 is 20.8 Å². The molecule has 2 rings (SSSR count). The highest BCUT2D eigenvalue weighted by Crippen LogP contribution is 2.21. The first-order valence-corrected chi connectivity index (χ1v) is 10.1. The molecule has 0 radical (unpaired) electrons. The van der Waals surface area contributed by atoms with Crippen LogP contribution >= 0.6 is 0 Å². The minimum atomic E-state index is -3.74. The fourth-order valence-electron chi connectivity index (χ4n) is 2.44. The van der Waals surface area contributed by atoms with Gasteiger partial charge in [-0.1, -0.05) is 25.7 Å². The molecule has 2 aliphatic heterocycles. The first-order chi connectivity index (χ1) is 10.4. The van der Waals surface area contributed by atoms with E-state index in [-0.39, 0.29) is 38.3 Å². The van der Waals surface area contributed by atoms with E-state index in [4.69, 9.17) is 0 Å². The molecule has 0 N–H and O–H groups in total. The van der Waals surface area contributed by atoms with Crippen molar-refractivity contribution in [1.29, 1.82) is 0 Å². The minimum Gasteiger partial charge on any atom is -0.248 e. The molecule has 0 saturated carbocycles. The Bertz CT molecular complexity index is 463. The molecule has 0 amide bonds. The number of unbranched alkanes of at least 4 members (excludes halogenated alkanes) is 3. The first kappa shape index (κ1) is 18.1. The van der Waals surface area contributed by atoms with E-state index in [1.54, 1.807) is 0 Å². The Hall–Kier alpha value is -0.260. The van der Waals surface area contributed by atoms with E-state index in [1.165, 1.54) is 0 Å². The van der Waals surface area contributed by atoms with Gasteiger partial charge in [-0.2, -0.15) is 16.8 Å². The third-order valence-corrected chi connectivity index (χ3v) is 5.47. The summed E-state index contributed by atoms with van der Waals surface area (Å²) >= 11 is 0. The van der Waals surface area contributed by atoms with Crippen LogP contribution in [0.5, 0.6) is 0 Å². The van der Waals surface area contributed by atoms with Gasteiger partial charge in [0.25, 0.3) is 0 Å².